The number of likely N-dealkylation sites (N-methyl/N-ethyl adjacent to an activating group) is 1. The first kappa shape index (κ1) is 10.1. The summed E-state index contributed by atoms with van der Waals surface area (Å²) in [5.74, 6) is 0.667. The largest absolute Gasteiger partial charge is 0.374 e. The molecule has 1 aromatic rings. The van der Waals surface area contributed by atoms with Crippen LogP contribution in [0.4, 0.5) is 5.69 Å². The van der Waals surface area contributed by atoms with Gasteiger partial charge in [0.05, 0.1) is 0 Å². The van der Waals surface area contributed by atoms with Crippen molar-refractivity contribution in [3.05, 3.63) is 23.5 Å². The van der Waals surface area contributed by atoms with Crippen molar-refractivity contribution in [1.29, 1.82) is 0 Å². The Labute approximate surface area is 96.9 Å². The Kier molecular flexibility index (Phi) is 2.56. The van der Waals surface area contributed by atoms with Crippen molar-refractivity contribution in [3.8, 4) is 0 Å². The lowest BCUT2D eigenvalue weighted by Crippen LogP contribution is -2.27. The van der Waals surface area contributed by atoms with Gasteiger partial charge in [0.1, 0.15) is 0 Å². The number of rotatable bonds is 1. The van der Waals surface area contributed by atoms with Crippen LogP contribution in [-0.4, -0.2) is 31.7 Å². The quantitative estimate of drug-likeness (QED) is 0.773. The third-order valence-corrected chi connectivity index (χ3v) is 3.87. The lowest BCUT2D eigenvalue weighted by Gasteiger charge is -2.23. The van der Waals surface area contributed by atoms with Crippen LogP contribution in [0.25, 0.3) is 0 Å². The van der Waals surface area contributed by atoms with E-state index in [1.807, 2.05) is 0 Å². The molecule has 2 aliphatic rings. The minimum atomic E-state index is 0.667. The van der Waals surface area contributed by atoms with Crippen LogP contribution in [-0.2, 0) is 6.42 Å². The number of fused-ring (bicyclic) bond motifs is 1. The summed E-state index contributed by atoms with van der Waals surface area (Å²) in [6.45, 7) is 3.42. The summed E-state index contributed by atoms with van der Waals surface area (Å²) in [4.78, 5) is 7.00. The molecule has 1 saturated heterocycles. The fourth-order valence-corrected chi connectivity index (χ4v) is 2.79. The Balaban J connectivity index is 1.88. The highest BCUT2D eigenvalue weighted by atomic mass is 15.1. The zero-order valence-corrected chi connectivity index (χ0v) is 9.87. The number of aromatic nitrogens is 1. The van der Waals surface area contributed by atoms with Crippen molar-refractivity contribution in [2.24, 2.45) is 0 Å². The Bertz CT molecular complexity index is 383. The molecule has 3 heterocycles. The first-order valence-corrected chi connectivity index (χ1v) is 6.25. The highest BCUT2D eigenvalue weighted by Gasteiger charge is 2.21. The Morgan fingerprint density at radius 2 is 2.19 bits per heavy atom. The number of hydrogen-bond donors (Lipinski definition) is 1. The van der Waals surface area contributed by atoms with E-state index in [0.29, 0.717) is 5.92 Å². The minimum absolute atomic E-state index is 0.667. The highest BCUT2D eigenvalue weighted by molar-refractivity contribution is 5.57. The van der Waals surface area contributed by atoms with Crippen LogP contribution in [0.5, 0.6) is 0 Å². The molecule has 0 bridgehead atoms. The van der Waals surface area contributed by atoms with Crippen LogP contribution in [0.1, 0.15) is 30.0 Å². The second-order valence-electron chi connectivity index (χ2n) is 4.93. The monoisotopic (exact) mass is 217 g/mol. The van der Waals surface area contributed by atoms with Gasteiger partial charge in [-0.05, 0) is 44.0 Å². The van der Waals surface area contributed by atoms with Crippen LogP contribution in [0.15, 0.2) is 12.3 Å². The molecule has 0 radical (unpaired) electrons. The van der Waals surface area contributed by atoms with Crippen molar-refractivity contribution in [2.45, 2.75) is 25.2 Å². The summed E-state index contributed by atoms with van der Waals surface area (Å²) in [5, 5.41) is 3.41. The molecule has 2 aliphatic heterocycles. The number of piperidine rings is 1. The van der Waals surface area contributed by atoms with Gasteiger partial charge in [-0.3, -0.25) is 4.98 Å². The third-order valence-electron chi connectivity index (χ3n) is 3.87. The standard InChI is InChI=1S/C13H19N3/c1-16-7-4-11-9-15-12(8-13(11)16)10-2-5-14-6-3-10/h8-10,14H,2-7H2,1H3. The fourth-order valence-electron chi connectivity index (χ4n) is 2.79. The Morgan fingerprint density at radius 3 is 3.00 bits per heavy atom. The number of pyridine rings is 1. The molecular formula is C13H19N3. The molecule has 86 valence electrons. The number of anilines is 1. The predicted molar refractivity (Wildman–Crippen MR) is 66.1 cm³/mol. The van der Waals surface area contributed by atoms with Gasteiger partial charge in [0.2, 0.25) is 0 Å². The van der Waals surface area contributed by atoms with E-state index < -0.39 is 0 Å². The average Bonchev–Trinajstić information content (AvgIpc) is 2.72. The maximum Gasteiger partial charge on any atom is 0.0456 e. The van der Waals surface area contributed by atoms with Crippen LogP contribution >= 0.6 is 0 Å². The first-order valence-electron chi connectivity index (χ1n) is 6.25. The van der Waals surface area contributed by atoms with E-state index >= 15 is 0 Å². The summed E-state index contributed by atoms with van der Waals surface area (Å²) in [6.07, 6.45) is 5.71. The van der Waals surface area contributed by atoms with E-state index in [2.05, 4.69) is 34.5 Å². The molecule has 0 spiro atoms. The summed E-state index contributed by atoms with van der Waals surface area (Å²) >= 11 is 0. The lowest BCUT2D eigenvalue weighted by molar-refractivity contribution is 0.453. The molecular weight excluding hydrogens is 198 g/mol. The normalized spacial score (nSPS) is 21.2. The number of hydrogen-bond acceptors (Lipinski definition) is 3. The molecule has 0 amide bonds. The van der Waals surface area contributed by atoms with Crippen molar-refractivity contribution in [1.82, 2.24) is 10.3 Å². The van der Waals surface area contributed by atoms with Gasteiger partial charge in [-0.2, -0.15) is 0 Å². The minimum Gasteiger partial charge on any atom is -0.374 e. The fraction of sp³-hybridized carbons (Fsp3) is 0.615. The smallest absolute Gasteiger partial charge is 0.0456 e. The second kappa shape index (κ2) is 4.06. The molecule has 3 rings (SSSR count). The van der Waals surface area contributed by atoms with Gasteiger partial charge in [-0.25, -0.2) is 0 Å². The molecule has 1 aromatic heterocycles. The van der Waals surface area contributed by atoms with Crippen molar-refractivity contribution in [3.63, 3.8) is 0 Å². The van der Waals surface area contributed by atoms with Crippen LogP contribution in [0, 0.1) is 0 Å². The van der Waals surface area contributed by atoms with Gasteiger partial charge >= 0.3 is 0 Å². The molecule has 0 atom stereocenters. The van der Waals surface area contributed by atoms with Crippen LogP contribution in [0.3, 0.4) is 0 Å². The topological polar surface area (TPSA) is 28.2 Å². The number of nitrogens with one attached hydrogen (secondary N) is 1. The molecule has 0 unspecified atom stereocenters. The van der Waals surface area contributed by atoms with Crippen molar-refractivity contribution >= 4 is 5.69 Å². The van der Waals surface area contributed by atoms with E-state index in [4.69, 9.17) is 0 Å². The van der Waals surface area contributed by atoms with E-state index in [0.717, 1.165) is 26.1 Å². The van der Waals surface area contributed by atoms with Crippen molar-refractivity contribution in [2.75, 3.05) is 31.6 Å². The van der Waals surface area contributed by atoms with Gasteiger partial charge in [0.15, 0.2) is 0 Å². The molecule has 0 aromatic carbocycles. The van der Waals surface area contributed by atoms with Gasteiger partial charge < -0.3 is 10.2 Å². The zero-order valence-electron chi connectivity index (χ0n) is 9.87. The molecule has 1 N–H and O–H groups in total. The Hall–Kier alpha value is -1.09. The molecule has 3 heteroatoms. The molecule has 3 nitrogen and oxygen atoms in total. The summed E-state index contributed by atoms with van der Waals surface area (Å²) < 4.78 is 0. The van der Waals surface area contributed by atoms with Gasteiger partial charge in [-0.1, -0.05) is 0 Å². The lowest BCUT2D eigenvalue weighted by atomic mass is 9.93. The maximum absolute atomic E-state index is 4.65. The van der Waals surface area contributed by atoms with Gasteiger partial charge in [0, 0.05) is 37.1 Å². The average molecular weight is 217 g/mol. The van der Waals surface area contributed by atoms with E-state index in [1.165, 1.54) is 29.8 Å². The first-order chi connectivity index (χ1) is 7.84. The Morgan fingerprint density at radius 1 is 1.38 bits per heavy atom. The van der Waals surface area contributed by atoms with E-state index in [-0.39, 0.29) is 0 Å². The SMILES string of the molecule is CN1CCc2cnc(C3CCNCC3)cc21. The van der Waals surface area contributed by atoms with Gasteiger partial charge in [-0.15, -0.1) is 0 Å². The summed E-state index contributed by atoms with van der Waals surface area (Å²) in [5.41, 5.74) is 4.12. The predicted octanol–water partition coefficient (Wildman–Crippen LogP) is 1.54. The third kappa shape index (κ3) is 1.69. The van der Waals surface area contributed by atoms with E-state index in [1.54, 1.807) is 0 Å². The zero-order chi connectivity index (χ0) is 11.0. The number of nitrogens with zero attached hydrogens (tertiary/aromatic N) is 2. The van der Waals surface area contributed by atoms with E-state index in [9.17, 15) is 0 Å². The molecule has 0 saturated carbocycles. The summed E-state index contributed by atoms with van der Waals surface area (Å²) in [6, 6.07) is 2.32. The molecule has 1 fully saturated rings. The van der Waals surface area contributed by atoms with Crippen LogP contribution in [0.2, 0.25) is 0 Å². The van der Waals surface area contributed by atoms with Crippen LogP contribution < -0.4 is 10.2 Å². The maximum atomic E-state index is 4.65. The van der Waals surface area contributed by atoms with Crippen molar-refractivity contribution < 1.29 is 0 Å². The molecule has 16 heavy (non-hydrogen) atoms. The van der Waals surface area contributed by atoms with Gasteiger partial charge in [0.25, 0.3) is 0 Å². The summed E-state index contributed by atoms with van der Waals surface area (Å²) in [7, 11) is 2.18. The highest BCUT2D eigenvalue weighted by Crippen LogP contribution is 2.31. The molecule has 0 aliphatic carbocycles. The second-order valence-corrected chi connectivity index (χ2v) is 4.93.